The number of aryl methyl sites for hydroxylation is 2. The van der Waals surface area contributed by atoms with E-state index in [2.05, 4.69) is 55.3 Å². The Morgan fingerprint density at radius 2 is 1.56 bits per heavy atom. The summed E-state index contributed by atoms with van der Waals surface area (Å²) in [6.07, 6.45) is 2.08. The fraction of sp³-hybridized carbons (Fsp3) is 0.429. The topological polar surface area (TPSA) is 43.7 Å². The molecule has 4 heteroatoms. The highest BCUT2D eigenvalue weighted by atomic mass is 32.2. The molecular formula is C21H29NO2S. The summed E-state index contributed by atoms with van der Waals surface area (Å²) < 4.78 is 0. The lowest BCUT2D eigenvalue weighted by Gasteiger charge is -2.25. The van der Waals surface area contributed by atoms with E-state index in [9.17, 15) is 10.2 Å². The van der Waals surface area contributed by atoms with Gasteiger partial charge in [-0.05, 0) is 72.5 Å². The number of hydrogen-bond donors (Lipinski definition) is 2. The Morgan fingerprint density at radius 3 is 2.12 bits per heavy atom. The Balaban J connectivity index is 2.23. The maximum Gasteiger partial charge on any atom is 0.0687 e. The smallest absolute Gasteiger partial charge is 0.0687 e. The van der Waals surface area contributed by atoms with Gasteiger partial charge in [-0.15, -0.1) is 11.8 Å². The number of hydrogen-bond acceptors (Lipinski definition) is 4. The Labute approximate surface area is 155 Å². The van der Waals surface area contributed by atoms with Crippen molar-refractivity contribution in [3.05, 3.63) is 63.7 Å². The molecule has 0 fully saturated rings. The molecule has 0 aromatic heterocycles. The molecule has 0 aliphatic heterocycles. The number of nitrogens with zero attached hydrogens (tertiary/aromatic N) is 1. The molecule has 25 heavy (non-hydrogen) atoms. The lowest BCUT2D eigenvalue weighted by Crippen LogP contribution is -2.27. The van der Waals surface area contributed by atoms with Gasteiger partial charge in [0, 0.05) is 24.5 Å². The van der Waals surface area contributed by atoms with Crippen molar-refractivity contribution in [1.29, 1.82) is 0 Å². The van der Waals surface area contributed by atoms with E-state index in [1.807, 2.05) is 6.92 Å². The van der Waals surface area contributed by atoms with E-state index >= 15 is 0 Å². The lowest BCUT2D eigenvalue weighted by molar-refractivity contribution is 0.183. The Bertz CT molecular complexity index is 698. The summed E-state index contributed by atoms with van der Waals surface area (Å²) in [5.74, 6) is 0. The number of benzene rings is 2. The van der Waals surface area contributed by atoms with E-state index < -0.39 is 0 Å². The van der Waals surface area contributed by atoms with Crippen LogP contribution in [0.25, 0.3) is 0 Å². The third-order valence-electron chi connectivity index (χ3n) is 4.81. The van der Waals surface area contributed by atoms with Crippen molar-refractivity contribution in [1.82, 2.24) is 4.90 Å². The predicted octanol–water partition coefficient (Wildman–Crippen LogP) is 3.82. The van der Waals surface area contributed by atoms with Gasteiger partial charge in [0.15, 0.2) is 0 Å². The summed E-state index contributed by atoms with van der Waals surface area (Å²) in [4.78, 5) is 3.52. The Hall–Kier alpha value is -1.33. The van der Waals surface area contributed by atoms with Crippen LogP contribution in [0.5, 0.6) is 0 Å². The van der Waals surface area contributed by atoms with Crippen LogP contribution in [0.15, 0.2) is 35.2 Å². The van der Waals surface area contributed by atoms with Crippen LogP contribution in [-0.4, -0.2) is 34.5 Å². The van der Waals surface area contributed by atoms with Gasteiger partial charge >= 0.3 is 0 Å². The minimum absolute atomic E-state index is 0.0705. The SMILES string of the molecule is CSc1ccc(CN(CCO)Cc2c(C)cc(C)c(CO)c2C)cc1. The molecule has 2 rings (SSSR count). The normalized spacial score (nSPS) is 11.3. The van der Waals surface area contributed by atoms with Gasteiger partial charge in [0.25, 0.3) is 0 Å². The summed E-state index contributed by atoms with van der Waals surface area (Å²) in [5, 5.41) is 19.2. The molecule has 2 N–H and O–H groups in total. The van der Waals surface area contributed by atoms with Gasteiger partial charge in [0.1, 0.15) is 0 Å². The van der Waals surface area contributed by atoms with Crippen LogP contribution in [0, 0.1) is 20.8 Å². The number of thioether (sulfide) groups is 1. The molecule has 0 unspecified atom stereocenters. The van der Waals surface area contributed by atoms with E-state index in [1.165, 1.54) is 27.1 Å². The molecule has 0 atom stereocenters. The van der Waals surface area contributed by atoms with E-state index in [4.69, 9.17) is 0 Å². The Morgan fingerprint density at radius 1 is 0.920 bits per heavy atom. The molecule has 2 aromatic rings. The number of aliphatic hydroxyl groups is 2. The second-order valence-corrected chi connectivity index (χ2v) is 7.41. The number of rotatable bonds is 8. The third kappa shape index (κ3) is 5.08. The van der Waals surface area contributed by atoms with Gasteiger partial charge < -0.3 is 10.2 Å². The van der Waals surface area contributed by atoms with Crippen molar-refractivity contribution in [3.63, 3.8) is 0 Å². The maximum absolute atomic E-state index is 9.68. The molecule has 0 spiro atoms. The number of aliphatic hydroxyl groups excluding tert-OH is 2. The first-order valence-corrected chi connectivity index (χ1v) is 9.88. The molecule has 0 radical (unpaired) electrons. The summed E-state index contributed by atoms with van der Waals surface area (Å²) in [6.45, 7) is 8.68. The summed E-state index contributed by atoms with van der Waals surface area (Å²) in [5.41, 5.74) is 7.07. The van der Waals surface area contributed by atoms with Crippen LogP contribution in [0.3, 0.4) is 0 Å². The van der Waals surface area contributed by atoms with Gasteiger partial charge in [0.05, 0.1) is 13.2 Å². The fourth-order valence-corrected chi connectivity index (χ4v) is 3.74. The van der Waals surface area contributed by atoms with Gasteiger partial charge in [-0.3, -0.25) is 4.90 Å². The molecule has 2 aromatic carbocycles. The molecular weight excluding hydrogens is 330 g/mol. The zero-order valence-electron chi connectivity index (χ0n) is 15.7. The van der Waals surface area contributed by atoms with Crippen LogP contribution < -0.4 is 0 Å². The monoisotopic (exact) mass is 359 g/mol. The van der Waals surface area contributed by atoms with Crippen molar-refractivity contribution >= 4 is 11.8 Å². The lowest BCUT2D eigenvalue weighted by atomic mass is 9.93. The van der Waals surface area contributed by atoms with E-state index in [0.29, 0.717) is 6.54 Å². The van der Waals surface area contributed by atoms with Crippen LogP contribution in [-0.2, 0) is 19.7 Å². The molecule has 0 saturated carbocycles. The molecule has 0 saturated heterocycles. The van der Waals surface area contributed by atoms with Crippen molar-refractivity contribution < 1.29 is 10.2 Å². The molecule has 3 nitrogen and oxygen atoms in total. The van der Waals surface area contributed by atoms with Crippen molar-refractivity contribution in [2.24, 2.45) is 0 Å². The first-order chi connectivity index (χ1) is 12.0. The van der Waals surface area contributed by atoms with Crippen molar-refractivity contribution in [2.75, 3.05) is 19.4 Å². The standard InChI is InChI=1S/C21H29NO2S/c1-15-11-16(2)21(14-24)17(3)20(15)13-22(9-10-23)12-18-5-7-19(25-4)8-6-18/h5-8,11,23-24H,9-10,12-14H2,1-4H3. The zero-order valence-corrected chi connectivity index (χ0v) is 16.5. The van der Waals surface area contributed by atoms with Crippen LogP contribution in [0.2, 0.25) is 0 Å². The molecule has 0 amide bonds. The molecule has 0 aliphatic carbocycles. The van der Waals surface area contributed by atoms with Crippen LogP contribution in [0.4, 0.5) is 0 Å². The molecule has 0 aliphatic rings. The van der Waals surface area contributed by atoms with Gasteiger partial charge in [-0.25, -0.2) is 0 Å². The highest BCUT2D eigenvalue weighted by Crippen LogP contribution is 2.24. The quantitative estimate of drug-likeness (QED) is 0.703. The largest absolute Gasteiger partial charge is 0.395 e. The van der Waals surface area contributed by atoms with Crippen molar-refractivity contribution in [3.8, 4) is 0 Å². The average Bonchev–Trinajstić information content (AvgIpc) is 2.59. The van der Waals surface area contributed by atoms with Gasteiger partial charge in [-0.2, -0.15) is 0 Å². The van der Waals surface area contributed by atoms with Gasteiger partial charge in [-0.1, -0.05) is 18.2 Å². The summed E-state index contributed by atoms with van der Waals surface area (Å²) in [6, 6.07) is 10.7. The highest BCUT2D eigenvalue weighted by molar-refractivity contribution is 7.98. The molecule has 136 valence electrons. The zero-order chi connectivity index (χ0) is 18.4. The first kappa shape index (κ1) is 20.0. The molecule has 0 heterocycles. The molecule has 0 bridgehead atoms. The summed E-state index contributed by atoms with van der Waals surface area (Å²) in [7, 11) is 0. The fourth-order valence-electron chi connectivity index (χ4n) is 3.33. The second kappa shape index (κ2) is 9.39. The van der Waals surface area contributed by atoms with E-state index in [1.54, 1.807) is 11.8 Å². The average molecular weight is 360 g/mol. The predicted molar refractivity (Wildman–Crippen MR) is 106 cm³/mol. The highest BCUT2D eigenvalue weighted by Gasteiger charge is 2.14. The van der Waals surface area contributed by atoms with Crippen LogP contribution in [0.1, 0.15) is 33.4 Å². The van der Waals surface area contributed by atoms with Gasteiger partial charge in [0.2, 0.25) is 0 Å². The Kier molecular flexibility index (Phi) is 7.51. The minimum Gasteiger partial charge on any atom is -0.395 e. The van der Waals surface area contributed by atoms with E-state index in [0.717, 1.165) is 24.2 Å². The first-order valence-electron chi connectivity index (χ1n) is 8.65. The van der Waals surface area contributed by atoms with Crippen LogP contribution >= 0.6 is 11.8 Å². The minimum atomic E-state index is 0.0705. The third-order valence-corrected chi connectivity index (χ3v) is 5.56. The van der Waals surface area contributed by atoms with Crippen molar-refractivity contribution in [2.45, 2.75) is 45.4 Å². The van der Waals surface area contributed by atoms with E-state index in [-0.39, 0.29) is 13.2 Å². The summed E-state index contributed by atoms with van der Waals surface area (Å²) >= 11 is 1.74. The maximum atomic E-state index is 9.68. The second-order valence-electron chi connectivity index (χ2n) is 6.53.